The minimum atomic E-state index is -0.599. The molecule has 0 saturated carbocycles. The van der Waals surface area contributed by atoms with Crippen LogP contribution in [0.15, 0.2) is 39.9 Å². The lowest BCUT2D eigenvalue weighted by atomic mass is 10.1. The van der Waals surface area contributed by atoms with Crippen LogP contribution in [-0.4, -0.2) is 28.8 Å². The van der Waals surface area contributed by atoms with Gasteiger partial charge in [-0.1, -0.05) is 17.7 Å². The second kappa shape index (κ2) is 8.43. The third-order valence-electron chi connectivity index (χ3n) is 3.37. The van der Waals surface area contributed by atoms with Gasteiger partial charge in [-0.25, -0.2) is 5.43 Å². The largest absolute Gasteiger partial charge is 0.506 e. The third-order valence-corrected chi connectivity index (χ3v) is 3.98. The summed E-state index contributed by atoms with van der Waals surface area (Å²) in [5.74, 6) is -0.139. The van der Waals surface area contributed by atoms with Gasteiger partial charge in [-0.15, -0.1) is 0 Å². The zero-order chi connectivity index (χ0) is 19.3. The summed E-state index contributed by atoms with van der Waals surface area (Å²) >= 11 is 3.03. The van der Waals surface area contributed by atoms with Crippen molar-refractivity contribution >= 4 is 33.7 Å². The Morgan fingerprint density at radius 3 is 2.77 bits per heavy atom. The number of aromatic hydroxyl groups is 1. The first-order chi connectivity index (χ1) is 12.3. The molecule has 2 N–H and O–H groups in total. The topological polar surface area (TPSA) is 114 Å². The molecule has 0 atom stereocenters. The minimum absolute atomic E-state index is 0.0849. The van der Waals surface area contributed by atoms with E-state index in [1.165, 1.54) is 6.07 Å². The highest BCUT2D eigenvalue weighted by atomic mass is 79.9. The summed E-state index contributed by atoms with van der Waals surface area (Å²) in [6.45, 7) is 3.59. The van der Waals surface area contributed by atoms with Crippen LogP contribution in [0.1, 0.15) is 16.7 Å². The van der Waals surface area contributed by atoms with E-state index in [4.69, 9.17) is 4.74 Å². The molecule has 0 radical (unpaired) electrons. The normalized spacial score (nSPS) is 10.7. The first kappa shape index (κ1) is 19.4. The summed E-state index contributed by atoms with van der Waals surface area (Å²) in [6.07, 6.45) is 1.11. The molecule has 26 heavy (non-hydrogen) atoms. The van der Waals surface area contributed by atoms with Crippen molar-refractivity contribution in [3.8, 4) is 11.5 Å². The lowest BCUT2D eigenvalue weighted by Crippen LogP contribution is -2.24. The molecule has 0 aromatic heterocycles. The Morgan fingerprint density at radius 2 is 2.12 bits per heavy atom. The number of nitro groups is 1. The van der Waals surface area contributed by atoms with Gasteiger partial charge in [0.05, 0.1) is 15.6 Å². The zero-order valence-corrected chi connectivity index (χ0v) is 15.6. The van der Waals surface area contributed by atoms with E-state index in [2.05, 4.69) is 26.5 Å². The van der Waals surface area contributed by atoms with Gasteiger partial charge in [0.1, 0.15) is 11.5 Å². The number of benzene rings is 2. The van der Waals surface area contributed by atoms with Gasteiger partial charge in [-0.2, -0.15) is 5.10 Å². The average molecular weight is 422 g/mol. The number of carbonyl (C=O) groups is 1. The molecule has 0 unspecified atom stereocenters. The fraction of sp³-hybridized carbons (Fsp3) is 0.176. The van der Waals surface area contributed by atoms with E-state index in [0.717, 1.165) is 23.4 Å². The standard InChI is InChI=1S/C17H16BrN3O5/c1-10-3-4-15(11(2)5-10)26-9-16(22)20-19-8-12-6-13(21(24)25)7-14(18)17(12)23/h3-8,23H,9H2,1-2H3,(H,20,22)/b19-8+. The van der Waals surface area contributed by atoms with Crippen LogP contribution in [0.25, 0.3) is 0 Å². The van der Waals surface area contributed by atoms with E-state index in [-0.39, 0.29) is 28.1 Å². The molecule has 2 aromatic carbocycles. The zero-order valence-electron chi connectivity index (χ0n) is 14.0. The van der Waals surface area contributed by atoms with Gasteiger partial charge in [0, 0.05) is 17.7 Å². The molecule has 8 nitrogen and oxygen atoms in total. The maximum Gasteiger partial charge on any atom is 0.277 e. The fourth-order valence-electron chi connectivity index (χ4n) is 2.12. The maximum atomic E-state index is 11.8. The van der Waals surface area contributed by atoms with Crippen LogP contribution in [-0.2, 0) is 4.79 Å². The molecule has 0 aliphatic rings. The summed E-state index contributed by atoms with van der Waals surface area (Å²) in [7, 11) is 0. The number of amides is 1. The highest BCUT2D eigenvalue weighted by molar-refractivity contribution is 9.10. The number of non-ortho nitro benzene ring substituents is 1. The highest BCUT2D eigenvalue weighted by Crippen LogP contribution is 2.31. The van der Waals surface area contributed by atoms with Crippen molar-refractivity contribution in [1.29, 1.82) is 0 Å². The van der Waals surface area contributed by atoms with Gasteiger partial charge in [-0.3, -0.25) is 14.9 Å². The molecule has 0 aliphatic carbocycles. The Balaban J connectivity index is 1.97. The molecule has 1 amide bonds. The number of phenolic OH excluding ortho intramolecular Hbond substituents is 1. The number of carbonyl (C=O) groups excluding carboxylic acids is 1. The number of aryl methyl sites for hydroxylation is 2. The van der Waals surface area contributed by atoms with Crippen molar-refractivity contribution in [2.75, 3.05) is 6.61 Å². The summed E-state index contributed by atoms with van der Waals surface area (Å²) < 4.78 is 5.57. The van der Waals surface area contributed by atoms with Gasteiger partial charge in [-0.05, 0) is 41.4 Å². The smallest absolute Gasteiger partial charge is 0.277 e. The number of hydrogen-bond acceptors (Lipinski definition) is 6. The van der Waals surface area contributed by atoms with Gasteiger partial charge in [0.25, 0.3) is 11.6 Å². The molecule has 0 spiro atoms. The van der Waals surface area contributed by atoms with Crippen molar-refractivity contribution in [2.24, 2.45) is 5.10 Å². The van der Waals surface area contributed by atoms with E-state index in [1.54, 1.807) is 6.07 Å². The number of nitrogens with one attached hydrogen (secondary N) is 1. The molecule has 0 fully saturated rings. The Bertz CT molecular complexity index is 883. The fourth-order valence-corrected chi connectivity index (χ4v) is 2.58. The van der Waals surface area contributed by atoms with E-state index < -0.39 is 10.8 Å². The molecule has 0 aliphatic heterocycles. The Kier molecular flexibility index (Phi) is 6.29. The van der Waals surface area contributed by atoms with E-state index in [9.17, 15) is 20.0 Å². The van der Waals surface area contributed by atoms with Gasteiger partial charge in [0.15, 0.2) is 6.61 Å². The van der Waals surface area contributed by atoms with Gasteiger partial charge in [0.2, 0.25) is 0 Å². The SMILES string of the molecule is Cc1ccc(OCC(=O)N/N=C/c2cc([N+](=O)[O-])cc(Br)c2O)c(C)c1. The van der Waals surface area contributed by atoms with Crippen LogP contribution >= 0.6 is 15.9 Å². The maximum absolute atomic E-state index is 11.8. The average Bonchev–Trinajstić information content (AvgIpc) is 2.57. The first-order valence-corrected chi connectivity index (χ1v) is 8.26. The second-order valence-electron chi connectivity index (χ2n) is 5.47. The number of phenols is 1. The molecule has 2 aromatic rings. The Morgan fingerprint density at radius 1 is 1.38 bits per heavy atom. The van der Waals surface area contributed by atoms with Crippen LogP contribution in [0.2, 0.25) is 0 Å². The first-order valence-electron chi connectivity index (χ1n) is 7.47. The highest BCUT2D eigenvalue weighted by Gasteiger charge is 2.13. The summed E-state index contributed by atoms with van der Waals surface area (Å²) in [6, 6.07) is 7.90. The van der Waals surface area contributed by atoms with Gasteiger partial charge < -0.3 is 9.84 Å². The molecule has 9 heteroatoms. The number of hydrogen-bond donors (Lipinski definition) is 2. The van der Waals surface area contributed by atoms with Crippen LogP contribution < -0.4 is 10.2 Å². The molecule has 2 rings (SSSR count). The van der Waals surface area contributed by atoms with E-state index >= 15 is 0 Å². The van der Waals surface area contributed by atoms with Crippen LogP contribution in [0.3, 0.4) is 0 Å². The third kappa shape index (κ3) is 5.03. The van der Waals surface area contributed by atoms with Crippen molar-refractivity contribution in [1.82, 2.24) is 5.43 Å². The number of nitrogens with zero attached hydrogens (tertiary/aromatic N) is 2. The van der Waals surface area contributed by atoms with Crippen LogP contribution in [0.4, 0.5) is 5.69 Å². The summed E-state index contributed by atoms with van der Waals surface area (Å²) in [5, 5.41) is 24.4. The lowest BCUT2D eigenvalue weighted by molar-refractivity contribution is -0.385. The predicted molar refractivity (Wildman–Crippen MR) is 99.6 cm³/mol. The summed E-state index contributed by atoms with van der Waals surface area (Å²) in [5.41, 5.74) is 4.10. The monoisotopic (exact) mass is 421 g/mol. The number of ether oxygens (including phenoxy) is 1. The van der Waals surface area contributed by atoms with E-state index in [1.807, 2.05) is 26.0 Å². The van der Waals surface area contributed by atoms with Crippen molar-refractivity contribution < 1.29 is 19.6 Å². The van der Waals surface area contributed by atoms with E-state index in [0.29, 0.717) is 5.75 Å². The van der Waals surface area contributed by atoms with Crippen LogP contribution in [0.5, 0.6) is 11.5 Å². The van der Waals surface area contributed by atoms with Crippen molar-refractivity contribution in [3.63, 3.8) is 0 Å². The molecular formula is C17H16BrN3O5. The minimum Gasteiger partial charge on any atom is -0.506 e. The number of hydrazone groups is 1. The Hall–Kier alpha value is -2.94. The van der Waals surface area contributed by atoms with Gasteiger partial charge >= 0.3 is 0 Å². The van der Waals surface area contributed by atoms with Crippen molar-refractivity contribution in [3.05, 3.63) is 61.6 Å². The molecule has 136 valence electrons. The lowest BCUT2D eigenvalue weighted by Gasteiger charge is -2.08. The number of halogens is 1. The molecule has 0 bridgehead atoms. The Labute approximate surface area is 157 Å². The van der Waals surface area contributed by atoms with Crippen LogP contribution in [0, 0.1) is 24.0 Å². The van der Waals surface area contributed by atoms with Crippen molar-refractivity contribution in [2.45, 2.75) is 13.8 Å². The molecule has 0 heterocycles. The molecule has 0 saturated heterocycles. The molecular weight excluding hydrogens is 406 g/mol. The second-order valence-corrected chi connectivity index (χ2v) is 6.33. The number of nitro benzene ring substituents is 1. The quantitative estimate of drug-likeness (QED) is 0.422. The number of rotatable bonds is 6. The predicted octanol–water partition coefficient (Wildman–Crippen LogP) is 3.21. The summed E-state index contributed by atoms with van der Waals surface area (Å²) in [4.78, 5) is 22.0.